The van der Waals surface area contributed by atoms with E-state index >= 15 is 0 Å². The lowest BCUT2D eigenvalue weighted by atomic mass is 10.2. The third-order valence-electron chi connectivity index (χ3n) is 4.54. The molecular weight excluding hydrogens is 414 g/mol. The van der Waals surface area contributed by atoms with Gasteiger partial charge in [-0.05, 0) is 30.7 Å². The predicted molar refractivity (Wildman–Crippen MR) is 114 cm³/mol. The highest BCUT2D eigenvalue weighted by atomic mass is 35.5. The number of amides is 2. The van der Waals surface area contributed by atoms with Crippen molar-refractivity contribution in [3.05, 3.63) is 40.0 Å². The first-order valence-electron chi connectivity index (χ1n) is 9.21. The number of carbonyl (C=O) groups excluding carboxylic acids is 2. The Morgan fingerprint density at radius 1 is 1.31 bits per heavy atom. The zero-order valence-electron chi connectivity index (χ0n) is 16.6. The number of nitrogens with zero attached hydrogens (tertiary/aromatic N) is 1. The minimum absolute atomic E-state index is 0.00682. The fourth-order valence-electron chi connectivity index (χ4n) is 3.04. The van der Waals surface area contributed by atoms with Crippen LogP contribution in [0.1, 0.15) is 21.6 Å². The second kappa shape index (κ2) is 9.56. The minimum Gasteiger partial charge on any atom is -0.482 e. The molecule has 0 atom stereocenters. The van der Waals surface area contributed by atoms with Crippen LogP contribution in [-0.4, -0.2) is 61.4 Å². The Balaban J connectivity index is 1.40. The zero-order valence-corrected chi connectivity index (χ0v) is 18.2. The largest absolute Gasteiger partial charge is 0.482 e. The van der Waals surface area contributed by atoms with Gasteiger partial charge in [-0.25, -0.2) is 0 Å². The van der Waals surface area contributed by atoms with Crippen molar-refractivity contribution in [1.29, 1.82) is 0 Å². The normalized spacial score (nSPS) is 12.6. The van der Waals surface area contributed by atoms with Crippen molar-refractivity contribution in [3.63, 3.8) is 0 Å². The number of aryl methyl sites for hydroxylation is 1. The van der Waals surface area contributed by atoms with Gasteiger partial charge in [0.25, 0.3) is 5.91 Å². The molecule has 0 unspecified atom stereocenters. The number of aromatic amines is 1. The van der Waals surface area contributed by atoms with Crippen LogP contribution in [0.15, 0.2) is 23.1 Å². The lowest BCUT2D eigenvalue weighted by molar-refractivity contribution is -0.115. The number of ether oxygens (including phenoxy) is 2. The Bertz CT molecular complexity index is 915. The number of halogens is 1. The molecule has 0 fully saturated rings. The Morgan fingerprint density at radius 2 is 2.10 bits per heavy atom. The maximum atomic E-state index is 12.5. The molecule has 0 aliphatic carbocycles. The van der Waals surface area contributed by atoms with Crippen molar-refractivity contribution in [1.82, 2.24) is 9.88 Å². The van der Waals surface area contributed by atoms with Crippen LogP contribution in [0, 0.1) is 6.92 Å². The second-order valence-electron chi connectivity index (χ2n) is 6.75. The molecule has 0 saturated carbocycles. The molecule has 1 aliphatic heterocycles. The quantitative estimate of drug-likeness (QED) is 0.464. The molecule has 9 heteroatoms. The number of carbonyl (C=O) groups is 2. The first-order chi connectivity index (χ1) is 13.9. The van der Waals surface area contributed by atoms with Gasteiger partial charge < -0.3 is 24.7 Å². The van der Waals surface area contributed by atoms with Crippen LogP contribution in [-0.2, 0) is 16.0 Å². The van der Waals surface area contributed by atoms with Crippen LogP contribution in [0.3, 0.4) is 0 Å². The van der Waals surface area contributed by atoms with Gasteiger partial charge in [0.2, 0.25) is 11.8 Å². The van der Waals surface area contributed by atoms with Crippen molar-refractivity contribution in [2.75, 3.05) is 45.0 Å². The van der Waals surface area contributed by atoms with E-state index in [2.05, 4.69) is 10.3 Å². The number of benzene rings is 1. The van der Waals surface area contributed by atoms with Crippen LogP contribution in [0.2, 0.25) is 5.02 Å². The molecule has 0 bridgehead atoms. The summed E-state index contributed by atoms with van der Waals surface area (Å²) in [4.78, 5) is 29.5. The number of likely N-dealkylation sites (N-methyl/N-ethyl adjacent to an activating group) is 1. The first kappa shape index (κ1) is 21.5. The van der Waals surface area contributed by atoms with Gasteiger partial charge in [0.1, 0.15) is 5.56 Å². The van der Waals surface area contributed by atoms with E-state index in [1.54, 1.807) is 35.8 Å². The summed E-state index contributed by atoms with van der Waals surface area (Å²) in [5.41, 5.74) is 3.15. The molecule has 2 heterocycles. The van der Waals surface area contributed by atoms with Gasteiger partial charge in [-0.3, -0.25) is 9.59 Å². The number of nitrogens with one attached hydrogen (secondary N) is 2. The van der Waals surface area contributed by atoms with Crippen molar-refractivity contribution >= 4 is 40.9 Å². The van der Waals surface area contributed by atoms with Gasteiger partial charge in [-0.2, -0.15) is 0 Å². The van der Waals surface area contributed by atoms with Crippen molar-refractivity contribution in [2.45, 2.75) is 18.2 Å². The fraction of sp³-hybridized carbons (Fsp3) is 0.400. The molecule has 2 N–H and O–H groups in total. The van der Waals surface area contributed by atoms with Crippen LogP contribution in [0.25, 0.3) is 0 Å². The molecule has 1 aromatic carbocycles. The summed E-state index contributed by atoms with van der Waals surface area (Å²) in [5.74, 6) is 1.08. The number of methoxy groups -OCH3 is 1. The summed E-state index contributed by atoms with van der Waals surface area (Å²) in [7, 11) is 3.27. The standard InChI is InChI=1S/C20H24ClN3O4S/c1-12-8-14(19(22-12)27-3)20(26)24(2)4-5-28-6-7-29-17-9-13-10-18(25)23-16(13)11-15(17)21/h8-9,11,22H,4-7,10H2,1-3H3,(H,23,25). The molecule has 3 rings (SSSR count). The van der Waals surface area contributed by atoms with Crippen LogP contribution in [0.5, 0.6) is 5.88 Å². The van der Waals surface area contributed by atoms with Gasteiger partial charge in [-0.15, -0.1) is 11.8 Å². The average Bonchev–Trinajstić information content (AvgIpc) is 3.24. The molecule has 0 spiro atoms. The molecule has 0 radical (unpaired) electrons. The number of fused-ring (bicyclic) bond motifs is 1. The summed E-state index contributed by atoms with van der Waals surface area (Å²) in [6, 6.07) is 5.53. The van der Waals surface area contributed by atoms with Crippen LogP contribution < -0.4 is 10.1 Å². The van der Waals surface area contributed by atoms with Crippen molar-refractivity contribution in [3.8, 4) is 5.88 Å². The molecule has 1 aliphatic rings. The van der Waals surface area contributed by atoms with E-state index in [0.29, 0.717) is 42.6 Å². The molecular formula is C20H24ClN3O4S. The SMILES string of the molecule is COc1[nH]c(C)cc1C(=O)N(C)CCOCCSc1cc2c(cc1Cl)NC(=O)C2. The highest BCUT2D eigenvalue weighted by Crippen LogP contribution is 2.35. The predicted octanol–water partition coefficient (Wildman–Crippen LogP) is 3.36. The molecule has 2 amide bonds. The summed E-state index contributed by atoms with van der Waals surface area (Å²) >= 11 is 7.87. The average molecular weight is 438 g/mol. The highest BCUT2D eigenvalue weighted by molar-refractivity contribution is 7.99. The second-order valence-corrected chi connectivity index (χ2v) is 8.30. The summed E-state index contributed by atoms with van der Waals surface area (Å²) < 4.78 is 10.9. The van der Waals surface area contributed by atoms with E-state index in [9.17, 15) is 9.59 Å². The van der Waals surface area contributed by atoms with E-state index in [1.165, 1.54) is 7.11 Å². The minimum atomic E-state index is -0.114. The van der Waals surface area contributed by atoms with Crippen molar-refractivity contribution < 1.29 is 19.1 Å². The number of hydrogen-bond donors (Lipinski definition) is 2. The smallest absolute Gasteiger partial charge is 0.259 e. The van der Waals surface area contributed by atoms with Gasteiger partial charge >= 0.3 is 0 Å². The maximum Gasteiger partial charge on any atom is 0.259 e. The lowest BCUT2D eigenvalue weighted by Crippen LogP contribution is -2.30. The Labute approximate surface area is 179 Å². The number of rotatable bonds is 9. The molecule has 29 heavy (non-hydrogen) atoms. The van der Waals surface area contributed by atoms with Gasteiger partial charge in [0, 0.05) is 35.6 Å². The Hall–Kier alpha value is -2.16. The first-order valence-corrected chi connectivity index (χ1v) is 10.6. The van der Waals surface area contributed by atoms with Crippen LogP contribution in [0.4, 0.5) is 5.69 Å². The summed E-state index contributed by atoms with van der Waals surface area (Å²) in [6.45, 7) is 3.32. The molecule has 1 aromatic heterocycles. The number of hydrogen-bond acceptors (Lipinski definition) is 5. The molecule has 7 nitrogen and oxygen atoms in total. The summed E-state index contributed by atoms with van der Waals surface area (Å²) in [6.07, 6.45) is 0.391. The van der Waals surface area contributed by atoms with E-state index in [0.717, 1.165) is 27.6 Å². The zero-order chi connectivity index (χ0) is 21.0. The number of thioether (sulfide) groups is 1. The third kappa shape index (κ3) is 5.26. The lowest BCUT2D eigenvalue weighted by Gasteiger charge is -2.17. The van der Waals surface area contributed by atoms with E-state index < -0.39 is 0 Å². The van der Waals surface area contributed by atoms with Gasteiger partial charge in [0.05, 0.1) is 31.8 Å². The van der Waals surface area contributed by atoms with Crippen LogP contribution >= 0.6 is 23.4 Å². The van der Waals surface area contributed by atoms with E-state index in [-0.39, 0.29) is 11.8 Å². The topological polar surface area (TPSA) is 83.7 Å². The number of H-pyrrole nitrogens is 1. The van der Waals surface area contributed by atoms with Gasteiger partial charge in [-0.1, -0.05) is 11.6 Å². The van der Waals surface area contributed by atoms with E-state index in [1.807, 2.05) is 13.0 Å². The fourth-order valence-corrected chi connectivity index (χ4v) is 4.21. The highest BCUT2D eigenvalue weighted by Gasteiger charge is 2.20. The summed E-state index contributed by atoms with van der Waals surface area (Å²) in [5, 5.41) is 3.41. The van der Waals surface area contributed by atoms with E-state index in [4.69, 9.17) is 21.1 Å². The molecule has 156 valence electrons. The third-order valence-corrected chi connectivity index (χ3v) is 5.98. The maximum absolute atomic E-state index is 12.5. The molecule has 0 saturated heterocycles. The number of anilines is 1. The Morgan fingerprint density at radius 3 is 2.86 bits per heavy atom. The Kier molecular flexibility index (Phi) is 7.10. The number of aromatic nitrogens is 1. The molecule has 2 aromatic rings. The van der Waals surface area contributed by atoms with Gasteiger partial charge in [0.15, 0.2) is 0 Å². The monoisotopic (exact) mass is 437 g/mol. The van der Waals surface area contributed by atoms with Crippen molar-refractivity contribution in [2.24, 2.45) is 0 Å².